The minimum atomic E-state index is -0.405. The van der Waals surface area contributed by atoms with Gasteiger partial charge in [-0.25, -0.2) is 14.5 Å². The van der Waals surface area contributed by atoms with Crippen molar-refractivity contribution in [2.75, 3.05) is 5.32 Å². The SMILES string of the molecule is Cc1cc(C)n2nc(C(=O)Nc3ccc4oc(C)nc4c3)nc2n1. The summed E-state index contributed by atoms with van der Waals surface area (Å²) in [5.74, 6) is 0.636. The minimum Gasteiger partial charge on any atom is -0.441 e. The van der Waals surface area contributed by atoms with Crippen LogP contribution in [0.1, 0.15) is 27.9 Å². The number of aromatic nitrogens is 5. The van der Waals surface area contributed by atoms with E-state index in [1.54, 1.807) is 29.6 Å². The van der Waals surface area contributed by atoms with E-state index in [-0.39, 0.29) is 5.82 Å². The van der Waals surface area contributed by atoms with Crippen LogP contribution in [0.5, 0.6) is 0 Å². The fraction of sp³-hybridized carbons (Fsp3) is 0.188. The quantitative estimate of drug-likeness (QED) is 0.608. The summed E-state index contributed by atoms with van der Waals surface area (Å²) in [7, 11) is 0. The largest absolute Gasteiger partial charge is 0.441 e. The number of hydrogen-bond donors (Lipinski definition) is 1. The summed E-state index contributed by atoms with van der Waals surface area (Å²) in [4.78, 5) is 25.1. The molecular weight excluding hydrogens is 308 g/mol. The maximum absolute atomic E-state index is 12.4. The average molecular weight is 322 g/mol. The smallest absolute Gasteiger partial charge is 0.295 e. The van der Waals surface area contributed by atoms with E-state index in [2.05, 4.69) is 25.4 Å². The molecule has 120 valence electrons. The van der Waals surface area contributed by atoms with Crippen molar-refractivity contribution in [2.45, 2.75) is 20.8 Å². The number of carbonyl (C=O) groups excluding carboxylic acids is 1. The molecule has 1 aromatic carbocycles. The standard InChI is InChI=1S/C16H14N6O2/c1-8-6-9(2)22-16(17-8)20-14(21-22)15(23)19-11-4-5-13-12(7-11)18-10(3)24-13/h4-7H,1-3H3,(H,19,23). The molecule has 0 spiro atoms. The predicted octanol–water partition coefficient (Wildman–Crippen LogP) is 2.44. The summed E-state index contributed by atoms with van der Waals surface area (Å²) < 4.78 is 6.96. The molecule has 8 nitrogen and oxygen atoms in total. The number of aryl methyl sites for hydroxylation is 3. The van der Waals surface area contributed by atoms with Crippen LogP contribution in [-0.2, 0) is 0 Å². The van der Waals surface area contributed by atoms with Crippen molar-refractivity contribution in [1.29, 1.82) is 0 Å². The van der Waals surface area contributed by atoms with Gasteiger partial charge in [0.2, 0.25) is 5.82 Å². The van der Waals surface area contributed by atoms with Gasteiger partial charge in [-0.3, -0.25) is 4.79 Å². The third-order valence-electron chi connectivity index (χ3n) is 3.57. The molecule has 8 heteroatoms. The van der Waals surface area contributed by atoms with E-state index in [0.29, 0.717) is 28.5 Å². The summed E-state index contributed by atoms with van der Waals surface area (Å²) in [6, 6.07) is 7.13. The van der Waals surface area contributed by atoms with Crippen LogP contribution in [0.25, 0.3) is 16.9 Å². The van der Waals surface area contributed by atoms with Crippen molar-refractivity contribution in [1.82, 2.24) is 24.6 Å². The fourth-order valence-electron chi connectivity index (χ4n) is 2.57. The zero-order valence-electron chi connectivity index (χ0n) is 13.4. The number of hydrogen-bond acceptors (Lipinski definition) is 6. The van der Waals surface area contributed by atoms with Gasteiger partial charge < -0.3 is 9.73 Å². The van der Waals surface area contributed by atoms with Gasteiger partial charge in [0.05, 0.1) is 0 Å². The van der Waals surface area contributed by atoms with Crippen molar-refractivity contribution in [3.8, 4) is 0 Å². The Morgan fingerprint density at radius 2 is 1.96 bits per heavy atom. The molecule has 3 heterocycles. The van der Waals surface area contributed by atoms with Crippen molar-refractivity contribution in [3.05, 3.63) is 47.4 Å². The van der Waals surface area contributed by atoms with Crippen molar-refractivity contribution < 1.29 is 9.21 Å². The Bertz CT molecular complexity index is 1090. The van der Waals surface area contributed by atoms with E-state index in [0.717, 1.165) is 11.4 Å². The molecule has 4 rings (SSSR count). The van der Waals surface area contributed by atoms with Gasteiger partial charge in [-0.05, 0) is 38.1 Å². The maximum Gasteiger partial charge on any atom is 0.295 e. The summed E-state index contributed by atoms with van der Waals surface area (Å²) >= 11 is 0. The topological polar surface area (TPSA) is 98.2 Å². The molecule has 0 unspecified atom stereocenters. The van der Waals surface area contributed by atoms with Crippen LogP contribution in [0.4, 0.5) is 5.69 Å². The molecule has 3 aromatic heterocycles. The zero-order valence-corrected chi connectivity index (χ0v) is 13.4. The second-order valence-electron chi connectivity index (χ2n) is 5.56. The Morgan fingerprint density at radius 3 is 2.79 bits per heavy atom. The third kappa shape index (κ3) is 2.37. The molecular formula is C16H14N6O2. The number of rotatable bonds is 2. The first kappa shape index (κ1) is 14.3. The average Bonchev–Trinajstić information content (AvgIpc) is 3.09. The van der Waals surface area contributed by atoms with Crippen LogP contribution in [-0.4, -0.2) is 30.5 Å². The van der Waals surface area contributed by atoms with Crippen molar-refractivity contribution in [3.63, 3.8) is 0 Å². The van der Waals surface area contributed by atoms with Gasteiger partial charge in [0.25, 0.3) is 11.7 Å². The number of benzene rings is 1. The Hall–Kier alpha value is -3.29. The van der Waals surface area contributed by atoms with E-state index in [9.17, 15) is 4.79 Å². The first-order valence-corrected chi connectivity index (χ1v) is 7.39. The molecule has 1 amide bonds. The maximum atomic E-state index is 12.4. The Morgan fingerprint density at radius 1 is 1.12 bits per heavy atom. The second kappa shape index (κ2) is 5.12. The number of nitrogens with zero attached hydrogens (tertiary/aromatic N) is 5. The molecule has 4 aromatic rings. The molecule has 0 atom stereocenters. The molecule has 0 aliphatic rings. The highest BCUT2D eigenvalue weighted by Gasteiger charge is 2.15. The molecule has 0 saturated heterocycles. The second-order valence-corrected chi connectivity index (χ2v) is 5.56. The Balaban J connectivity index is 1.66. The van der Waals surface area contributed by atoms with E-state index >= 15 is 0 Å². The monoisotopic (exact) mass is 322 g/mol. The lowest BCUT2D eigenvalue weighted by atomic mass is 10.3. The highest BCUT2D eigenvalue weighted by Crippen LogP contribution is 2.20. The summed E-state index contributed by atoms with van der Waals surface area (Å²) in [5, 5.41) is 6.98. The van der Waals surface area contributed by atoms with E-state index in [1.165, 1.54) is 0 Å². The zero-order chi connectivity index (χ0) is 16.8. The Labute approximate surface area is 136 Å². The van der Waals surface area contributed by atoms with Gasteiger partial charge in [-0.1, -0.05) is 0 Å². The Kier molecular flexibility index (Phi) is 3.05. The molecule has 0 radical (unpaired) electrons. The first-order chi connectivity index (χ1) is 11.5. The molecule has 1 N–H and O–H groups in total. The van der Waals surface area contributed by atoms with Crippen LogP contribution in [0.3, 0.4) is 0 Å². The molecule has 0 aliphatic carbocycles. The fourth-order valence-corrected chi connectivity index (χ4v) is 2.57. The molecule has 0 aliphatic heterocycles. The number of carbonyl (C=O) groups is 1. The lowest BCUT2D eigenvalue weighted by molar-refractivity contribution is 0.101. The summed E-state index contributed by atoms with van der Waals surface area (Å²) in [5.41, 5.74) is 3.64. The summed E-state index contributed by atoms with van der Waals surface area (Å²) in [6.07, 6.45) is 0. The normalized spacial score (nSPS) is 11.3. The molecule has 0 bridgehead atoms. The minimum absolute atomic E-state index is 0.0626. The highest BCUT2D eigenvalue weighted by molar-refractivity contribution is 6.02. The molecule has 24 heavy (non-hydrogen) atoms. The van der Waals surface area contributed by atoms with Crippen LogP contribution >= 0.6 is 0 Å². The van der Waals surface area contributed by atoms with Gasteiger partial charge in [-0.15, -0.1) is 5.10 Å². The number of anilines is 1. The van der Waals surface area contributed by atoms with Gasteiger partial charge in [-0.2, -0.15) is 4.98 Å². The highest BCUT2D eigenvalue weighted by atomic mass is 16.3. The van der Waals surface area contributed by atoms with Gasteiger partial charge in [0.1, 0.15) is 5.52 Å². The van der Waals surface area contributed by atoms with E-state index in [4.69, 9.17) is 4.42 Å². The number of amides is 1. The van der Waals surface area contributed by atoms with Crippen LogP contribution in [0.15, 0.2) is 28.7 Å². The van der Waals surface area contributed by atoms with E-state index < -0.39 is 5.91 Å². The molecule has 0 fully saturated rings. The molecule has 0 saturated carbocycles. The van der Waals surface area contributed by atoms with E-state index in [1.807, 2.05) is 19.9 Å². The van der Waals surface area contributed by atoms with Gasteiger partial charge in [0, 0.05) is 24.0 Å². The lowest BCUT2D eigenvalue weighted by Gasteiger charge is -2.01. The number of fused-ring (bicyclic) bond motifs is 2. The van der Waals surface area contributed by atoms with Crippen LogP contribution in [0, 0.1) is 20.8 Å². The van der Waals surface area contributed by atoms with Crippen molar-refractivity contribution in [2.24, 2.45) is 0 Å². The lowest BCUT2D eigenvalue weighted by Crippen LogP contribution is -2.14. The van der Waals surface area contributed by atoms with Crippen molar-refractivity contribution >= 4 is 28.5 Å². The summed E-state index contributed by atoms with van der Waals surface area (Å²) in [6.45, 7) is 5.53. The number of nitrogens with one attached hydrogen (secondary N) is 1. The van der Waals surface area contributed by atoms with Crippen LogP contribution < -0.4 is 5.32 Å². The van der Waals surface area contributed by atoms with Gasteiger partial charge in [0.15, 0.2) is 11.5 Å². The predicted molar refractivity (Wildman–Crippen MR) is 87.0 cm³/mol. The van der Waals surface area contributed by atoms with Crippen LogP contribution in [0.2, 0.25) is 0 Å². The first-order valence-electron chi connectivity index (χ1n) is 7.39. The van der Waals surface area contributed by atoms with Gasteiger partial charge >= 0.3 is 0 Å². The number of oxazole rings is 1. The third-order valence-corrected chi connectivity index (χ3v) is 3.57.